The first-order valence-corrected chi connectivity index (χ1v) is 5.62. The van der Waals surface area contributed by atoms with E-state index in [0.29, 0.717) is 12.8 Å². The molecule has 0 aromatic rings. The van der Waals surface area contributed by atoms with Crippen LogP contribution in [0.15, 0.2) is 0 Å². The number of hydrogen-bond donors (Lipinski definition) is 2. The van der Waals surface area contributed by atoms with Crippen LogP contribution in [0.5, 0.6) is 0 Å². The molecule has 0 atom stereocenters. The number of nitrogens with one attached hydrogen (secondary N) is 1. The monoisotopic (exact) mass is 268 g/mol. The van der Waals surface area contributed by atoms with E-state index in [-0.39, 0.29) is 25.4 Å². The van der Waals surface area contributed by atoms with Crippen LogP contribution in [0, 0.1) is 0 Å². The second-order valence-electron chi connectivity index (χ2n) is 4.20. The summed E-state index contributed by atoms with van der Waals surface area (Å²) in [6.07, 6.45) is -3.17. The lowest BCUT2D eigenvalue weighted by Gasteiger charge is -2.23. The van der Waals surface area contributed by atoms with E-state index in [1.807, 2.05) is 0 Å². The molecule has 2 amide bonds. The quantitative estimate of drug-likeness (QED) is 0.719. The molecule has 0 aromatic carbocycles. The predicted octanol–water partition coefficient (Wildman–Crippen LogP) is 1.59. The number of carbonyl (C=O) groups excluding carboxylic acids is 1. The SMILES string of the molecule is O=C(O)CCCNC(=O)N(CC(F)(F)F)C1CC1. The van der Waals surface area contributed by atoms with Crippen molar-refractivity contribution in [3.05, 3.63) is 0 Å². The molecule has 5 nitrogen and oxygen atoms in total. The summed E-state index contributed by atoms with van der Waals surface area (Å²) in [7, 11) is 0. The maximum absolute atomic E-state index is 12.2. The third-order valence-corrected chi connectivity index (χ3v) is 2.44. The van der Waals surface area contributed by atoms with Gasteiger partial charge in [-0.15, -0.1) is 0 Å². The van der Waals surface area contributed by atoms with Gasteiger partial charge in [0.15, 0.2) is 0 Å². The number of aliphatic carboxylic acids is 1. The molecule has 8 heteroatoms. The van der Waals surface area contributed by atoms with Gasteiger partial charge in [-0.3, -0.25) is 4.79 Å². The molecule has 0 saturated heterocycles. The molecule has 0 spiro atoms. The zero-order valence-corrected chi connectivity index (χ0v) is 9.66. The summed E-state index contributed by atoms with van der Waals surface area (Å²) in [5.41, 5.74) is 0. The van der Waals surface area contributed by atoms with Crippen LogP contribution in [0.3, 0.4) is 0 Å². The first-order chi connectivity index (χ1) is 8.29. The van der Waals surface area contributed by atoms with Gasteiger partial charge in [-0.25, -0.2) is 4.79 Å². The number of carbonyl (C=O) groups is 2. The van der Waals surface area contributed by atoms with Crippen LogP contribution in [0.25, 0.3) is 0 Å². The summed E-state index contributed by atoms with van der Waals surface area (Å²) < 4.78 is 36.7. The van der Waals surface area contributed by atoms with Gasteiger partial charge in [0.05, 0.1) is 0 Å². The Bertz CT molecular complexity index is 316. The minimum absolute atomic E-state index is 0.0617. The van der Waals surface area contributed by atoms with Crippen LogP contribution in [0.2, 0.25) is 0 Å². The highest BCUT2D eigenvalue weighted by Crippen LogP contribution is 2.29. The number of hydrogen-bond acceptors (Lipinski definition) is 2. The first kappa shape index (κ1) is 14.6. The molecule has 1 saturated carbocycles. The average molecular weight is 268 g/mol. The highest BCUT2D eigenvalue weighted by atomic mass is 19.4. The molecule has 0 aliphatic heterocycles. The molecule has 0 unspecified atom stereocenters. The molecule has 1 fully saturated rings. The summed E-state index contributed by atoms with van der Waals surface area (Å²) in [5, 5.41) is 10.7. The molecular weight excluding hydrogens is 253 g/mol. The average Bonchev–Trinajstić information content (AvgIpc) is 3.02. The lowest BCUT2D eigenvalue weighted by molar-refractivity contribution is -0.141. The van der Waals surface area contributed by atoms with Gasteiger partial charge in [-0.1, -0.05) is 0 Å². The third kappa shape index (κ3) is 5.74. The van der Waals surface area contributed by atoms with Crippen LogP contribution >= 0.6 is 0 Å². The number of urea groups is 1. The second kappa shape index (κ2) is 5.92. The lowest BCUT2D eigenvalue weighted by atomic mass is 10.3. The molecule has 0 radical (unpaired) electrons. The van der Waals surface area contributed by atoms with Gasteiger partial charge in [-0.2, -0.15) is 13.2 Å². The molecule has 1 rings (SSSR count). The number of nitrogens with zero attached hydrogens (tertiary/aromatic N) is 1. The van der Waals surface area contributed by atoms with Gasteiger partial charge in [0.2, 0.25) is 0 Å². The van der Waals surface area contributed by atoms with E-state index in [4.69, 9.17) is 5.11 Å². The molecule has 0 bridgehead atoms. The van der Waals surface area contributed by atoms with Crippen LogP contribution in [-0.2, 0) is 4.79 Å². The Labute approximate surface area is 102 Å². The Morgan fingerprint density at radius 3 is 2.39 bits per heavy atom. The largest absolute Gasteiger partial charge is 0.481 e. The van der Waals surface area contributed by atoms with Crippen molar-refractivity contribution in [2.45, 2.75) is 37.9 Å². The summed E-state index contributed by atoms with van der Waals surface area (Å²) in [6, 6.07) is -1.12. The number of alkyl halides is 3. The highest BCUT2D eigenvalue weighted by Gasteiger charge is 2.40. The zero-order valence-electron chi connectivity index (χ0n) is 9.66. The number of carboxylic acids is 1. The van der Waals surface area contributed by atoms with Gasteiger partial charge >= 0.3 is 18.2 Å². The first-order valence-electron chi connectivity index (χ1n) is 5.62. The van der Waals surface area contributed by atoms with Crippen LogP contribution < -0.4 is 5.32 Å². The van der Waals surface area contributed by atoms with Crippen molar-refractivity contribution in [2.75, 3.05) is 13.1 Å². The van der Waals surface area contributed by atoms with Crippen LogP contribution in [0.4, 0.5) is 18.0 Å². The fourth-order valence-electron chi connectivity index (χ4n) is 1.48. The van der Waals surface area contributed by atoms with Crippen molar-refractivity contribution in [3.8, 4) is 0 Å². The summed E-state index contributed by atoms with van der Waals surface area (Å²) in [5.74, 6) is -1.00. The Morgan fingerprint density at radius 1 is 1.33 bits per heavy atom. The number of halogens is 3. The van der Waals surface area contributed by atoms with E-state index in [1.54, 1.807) is 0 Å². The Morgan fingerprint density at radius 2 is 1.94 bits per heavy atom. The van der Waals surface area contributed by atoms with E-state index in [2.05, 4.69) is 5.32 Å². The molecule has 0 heterocycles. The lowest BCUT2D eigenvalue weighted by Crippen LogP contribution is -2.46. The highest BCUT2D eigenvalue weighted by molar-refractivity contribution is 5.75. The van der Waals surface area contributed by atoms with Crippen LogP contribution in [-0.4, -0.2) is 47.3 Å². The van der Waals surface area contributed by atoms with E-state index < -0.39 is 24.7 Å². The van der Waals surface area contributed by atoms with Gasteiger partial charge in [0.1, 0.15) is 6.54 Å². The molecule has 2 N–H and O–H groups in total. The fourth-order valence-corrected chi connectivity index (χ4v) is 1.48. The topological polar surface area (TPSA) is 69.6 Å². The van der Waals surface area contributed by atoms with Crippen molar-refractivity contribution in [1.29, 1.82) is 0 Å². The number of rotatable bonds is 6. The van der Waals surface area contributed by atoms with Gasteiger partial charge in [-0.05, 0) is 19.3 Å². The minimum Gasteiger partial charge on any atom is -0.481 e. The Balaban J connectivity index is 2.34. The smallest absolute Gasteiger partial charge is 0.406 e. The predicted molar refractivity (Wildman–Crippen MR) is 56.1 cm³/mol. The van der Waals surface area contributed by atoms with Gasteiger partial charge in [0, 0.05) is 19.0 Å². The van der Waals surface area contributed by atoms with Gasteiger partial charge < -0.3 is 15.3 Å². The Kier molecular flexibility index (Phi) is 4.80. The molecule has 0 aromatic heterocycles. The summed E-state index contributed by atoms with van der Waals surface area (Å²) >= 11 is 0. The molecular formula is C10H15F3N2O3. The third-order valence-electron chi connectivity index (χ3n) is 2.44. The summed E-state index contributed by atoms with van der Waals surface area (Å²) in [6.45, 7) is -1.20. The Hall–Kier alpha value is -1.47. The van der Waals surface area contributed by atoms with E-state index in [9.17, 15) is 22.8 Å². The van der Waals surface area contributed by atoms with E-state index in [1.165, 1.54) is 0 Å². The maximum Gasteiger partial charge on any atom is 0.406 e. The number of carboxylic acid groups (broad SMARTS) is 1. The molecule has 18 heavy (non-hydrogen) atoms. The minimum atomic E-state index is -4.42. The zero-order chi connectivity index (χ0) is 13.8. The van der Waals surface area contributed by atoms with E-state index >= 15 is 0 Å². The second-order valence-corrected chi connectivity index (χ2v) is 4.20. The van der Waals surface area contributed by atoms with Crippen molar-refractivity contribution < 1.29 is 27.9 Å². The fraction of sp³-hybridized carbons (Fsp3) is 0.800. The van der Waals surface area contributed by atoms with E-state index in [0.717, 1.165) is 4.90 Å². The molecule has 1 aliphatic carbocycles. The maximum atomic E-state index is 12.2. The standard InChI is InChI=1S/C10H15F3N2O3/c11-10(12,13)6-15(7-3-4-7)9(18)14-5-1-2-8(16)17/h7H,1-6H2,(H,14,18)(H,16,17). The van der Waals surface area contributed by atoms with Crippen molar-refractivity contribution in [1.82, 2.24) is 10.2 Å². The van der Waals surface area contributed by atoms with Crippen LogP contribution in [0.1, 0.15) is 25.7 Å². The van der Waals surface area contributed by atoms with Crippen molar-refractivity contribution >= 4 is 12.0 Å². The van der Waals surface area contributed by atoms with Crippen molar-refractivity contribution in [3.63, 3.8) is 0 Å². The molecule has 1 aliphatic rings. The van der Waals surface area contributed by atoms with Gasteiger partial charge in [0.25, 0.3) is 0 Å². The normalized spacial score (nSPS) is 15.3. The summed E-state index contributed by atoms with van der Waals surface area (Å²) in [4.78, 5) is 22.5. The molecule has 104 valence electrons. The number of amides is 2. The van der Waals surface area contributed by atoms with Crippen molar-refractivity contribution in [2.24, 2.45) is 0 Å².